The van der Waals surface area contributed by atoms with Crippen LogP contribution in [0.25, 0.3) is 0 Å². The summed E-state index contributed by atoms with van der Waals surface area (Å²) in [6, 6.07) is 0. The summed E-state index contributed by atoms with van der Waals surface area (Å²) in [7, 11) is -4.40. The number of ether oxygens (including phenoxy) is 1. The van der Waals surface area contributed by atoms with Crippen molar-refractivity contribution in [2.75, 3.05) is 26.4 Å². The number of nitrogens with one attached hydrogen (secondary N) is 1. The summed E-state index contributed by atoms with van der Waals surface area (Å²) in [5.41, 5.74) is 0. The van der Waals surface area contributed by atoms with Crippen LogP contribution in [0.3, 0.4) is 0 Å². The average molecular weight is 726 g/mol. The smallest absolute Gasteiger partial charge is 0.463 e. The van der Waals surface area contributed by atoms with Crippen LogP contribution in [0.4, 0.5) is 0 Å². The maximum absolute atomic E-state index is 12.0. The lowest BCUT2D eigenvalue weighted by molar-refractivity contribution is -0.147. The summed E-state index contributed by atoms with van der Waals surface area (Å²) in [4.78, 5) is 33.6. The first kappa shape index (κ1) is 48.0. The molecule has 0 aliphatic heterocycles. The lowest BCUT2D eigenvalue weighted by atomic mass is 10.1. The molecule has 9 nitrogen and oxygen atoms in total. The van der Waals surface area contributed by atoms with Crippen LogP contribution in [0.2, 0.25) is 0 Å². The van der Waals surface area contributed by atoms with Crippen LogP contribution < -0.4 is 5.32 Å². The van der Waals surface area contributed by atoms with Crippen LogP contribution in [0.1, 0.15) is 162 Å². The SMILES string of the molecule is CCCCC/C=C\C/C=C\C/C=C\C/C=C\CCCCCCCCCC(=O)OCC(O)COP(=O)(O)OCCNC(=O)CCCCCCCC. The number of hydrogen-bond acceptors (Lipinski definition) is 7. The Kier molecular flexibility index (Phi) is 35.3. The number of hydrogen-bond donors (Lipinski definition) is 3. The molecule has 3 N–H and O–H groups in total. The molecule has 290 valence electrons. The second-order valence-corrected chi connectivity index (χ2v) is 14.4. The molecule has 0 saturated carbocycles. The fourth-order valence-corrected chi connectivity index (χ4v) is 5.77. The van der Waals surface area contributed by atoms with E-state index in [2.05, 4.69) is 67.8 Å². The summed E-state index contributed by atoms with van der Waals surface area (Å²) in [6.07, 6.45) is 40.7. The Hall–Kier alpha value is -2.03. The Balaban J connectivity index is 3.62. The van der Waals surface area contributed by atoms with Gasteiger partial charge in [-0.1, -0.05) is 140 Å². The van der Waals surface area contributed by atoms with Gasteiger partial charge < -0.3 is 20.1 Å². The van der Waals surface area contributed by atoms with E-state index >= 15 is 0 Å². The molecule has 0 aliphatic rings. The molecule has 0 fully saturated rings. The molecule has 0 bridgehead atoms. The third-order valence-electron chi connectivity index (χ3n) is 8.01. The third-order valence-corrected chi connectivity index (χ3v) is 9.00. The van der Waals surface area contributed by atoms with Crippen LogP contribution in [0, 0.1) is 0 Å². The molecule has 50 heavy (non-hydrogen) atoms. The molecule has 0 saturated heterocycles. The molecule has 0 aliphatic carbocycles. The number of amides is 1. The Morgan fingerprint density at radius 1 is 0.620 bits per heavy atom. The standard InChI is InChI=1S/C40H72NO8P/c1-3-5-7-9-11-12-13-14-15-16-17-18-19-20-21-22-23-24-25-26-27-29-31-33-40(44)47-36-38(42)37-49-50(45,46)48-35-34-41-39(43)32-30-28-10-8-6-4-2/h11-12,14-15,17-18,20-21,38,42H,3-10,13,16,19,22-37H2,1-2H3,(H,41,43)(H,45,46)/b12-11-,15-14-,18-17-,21-20-. The molecular formula is C40H72NO8P. The fourth-order valence-electron chi connectivity index (χ4n) is 5.01. The molecule has 0 rings (SSSR count). The highest BCUT2D eigenvalue weighted by molar-refractivity contribution is 7.47. The van der Waals surface area contributed by atoms with Crippen LogP contribution in [0.15, 0.2) is 48.6 Å². The van der Waals surface area contributed by atoms with Crippen LogP contribution in [-0.2, 0) is 27.9 Å². The molecule has 0 aromatic heterocycles. The molecule has 0 spiro atoms. The van der Waals surface area contributed by atoms with Gasteiger partial charge in [-0.3, -0.25) is 18.6 Å². The monoisotopic (exact) mass is 725 g/mol. The van der Waals surface area contributed by atoms with E-state index in [1.54, 1.807) is 0 Å². The number of phosphoric acid groups is 1. The van der Waals surface area contributed by atoms with E-state index in [-0.39, 0.29) is 32.1 Å². The molecule has 0 radical (unpaired) electrons. The van der Waals surface area contributed by atoms with Crippen molar-refractivity contribution < 1.29 is 37.9 Å². The van der Waals surface area contributed by atoms with Crippen molar-refractivity contribution in [1.29, 1.82) is 0 Å². The Morgan fingerprint density at radius 2 is 1.08 bits per heavy atom. The number of carbonyl (C=O) groups is 2. The summed E-state index contributed by atoms with van der Waals surface area (Å²) in [6.45, 7) is 3.43. The first-order valence-electron chi connectivity index (χ1n) is 19.6. The summed E-state index contributed by atoms with van der Waals surface area (Å²) >= 11 is 0. The van der Waals surface area contributed by atoms with E-state index in [4.69, 9.17) is 13.8 Å². The molecule has 0 aromatic rings. The molecular weight excluding hydrogens is 653 g/mol. The van der Waals surface area contributed by atoms with Gasteiger partial charge in [-0.2, -0.15) is 0 Å². The number of aliphatic hydroxyl groups excluding tert-OH is 1. The number of phosphoric ester groups is 1. The number of rotatable bonds is 36. The van der Waals surface area contributed by atoms with E-state index in [9.17, 15) is 24.2 Å². The number of allylic oxidation sites excluding steroid dienone is 8. The van der Waals surface area contributed by atoms with Crippen LogP contribution in [-0.4, -0.2) is 54.3 Å². The van der Waals surface area contributed by atoms with Gasteiger partial charge in [0.05, 0.1) is 13.2 Å². The maximum Gasteiger partial charge on any atom is 0.472 e. The van der Waals surface area contributed by atoms with Crippen molar-refractivity contribution in [2.45, 2.75) is 168 Å². The Labute approximate surface area is 305 Å². The second-order valence-electron chi connectivity index (χ2n) is 12.9. The molecule has 0 heterocycles. The second kappa shape index (κ2) is 36.8. The lowest BCUT2D eigenvalue weighted by Gasteiger charge is -2.15. The Morgan fingerprint density at radius 3 is 1.66 bits per heavy atom. The zero-order chi connectivity index (χ0) is 36.8. The molecule has 0 aromatic carbocycles. The van der Waals surface area contributed by atoms with E-state index in [0.29, 0.717) is 6.42 Å². The normalized spacial score (nSPS) is 13.9. The molecule has 1 amide bonds. The number of esters is 1. The predicted molar refractivity (Wildman–Crippen MR) is 206 cm³/mol. The quantitative estimate of drug-likeness (QED) is 0.0252. The van der Waals surface area contributed by atoms with Gasteiger partial charge in [0.1, 0.15) is 12.7 Å². The van der Waals surface area contributed by atoms with Crippen molar-refractivity contribution in [1.82, 2.24) is 5.32 Å². The summed E-state index contributed by atoms with van der Waals surface area (Å²) in [5, 5.41) is 12.6. The topological polar surface area (TPSA) is 131 Å². The van der Waals surface area contributed by atoms with E-state index < -0.39 is 26.5 Å². The molecule has 2 unspecified atom stereocenters. The van der Waals surface area contributed by atoms with Crippen molar-refractivity contribution in [3.63, 3.8) is 0 Å². The number of unbranched alkanes of at least 4 members (excludes halogenated alkanes) is 15. The highest BCUT2D eigenvalue weighted by atomic mass is 31.2. The van der Waals surface area contributed by atoms with Gasteiger partial charge in [-0.25, -0.2) is 4.57 Å². The zero-order valence-corrected chi connectivity index (χ0v) is 32.5. The van der Waals surface area contributed by atoms with Gasteiger partial charge in [-0.15, -0.1) is 0 Å². The van der Waals surface area contributed by atoms with Crippen LogP contribution >= 0.6 is 7.82 Å². The summed E-state index contributed by atoms with van der Waals surface area (Å²) < 4.78 is 26.7. The largest absolute Gasteiger partial charge is 0.472 e. The number of carbonyl (C=O) groups excluding carboxylic acids is 2. The molecule has 2 atom stereocenters. The van der Waals surface area contributed by atoms with Gasteiger partial charge >= 0.3 is 13.8 Å². The lowest BCUT2D eigenvalue weighted by Crippen LogP contribution is -2.27. The average Bonchev–Trinajstić information content (AvgIpc) is 3.10. The first-order chi connectivity index (χ1) is 24.3. The fraction of sp³-hybridized carbons (Fsp3) is 0.750. The van der Waals surface area contributed by atoms with Gasteiger partial charge in [0.25, 0.3) is 0 Å². The van der Waals surface area contributed by atoms with Crippen molar-refractivity contribution in [3.8, 4) is 0 Å². The predicted octanol–water partition coefficient (Wildman–Crippen LogP) is 10.4. The zero-order valence-electron chi connectivity index (χ0n) is 31.6. The van der Waals surface area contributed by atoms with Gasteiger partial charge in [0.15, 0.2) is 0 Å². The minimum absolute atomic E-state index is 0.0789. The van der Waals surface area contributed by atoms with E-state index in [1.165, 1.54) is 64.2 Å². The highest BCUT2D eigenvalue weighted by Crippen LogP contribution is 2.42. The van der Waals surface area contributed by atoms with Crippen molar-refractivity contribution in [2.24, 2.45) is 0 Å². The van der Waals surface area contributed by atoms with Crippen LogP contribution in [0.5, 0.6) is 0 Å². The molecule has 10 heteroatoms. The first-order valence-corrected chi connectivity index (χ1v) is 21.1. The van der Waals surface area contributed by atoms with Gasteiger partial charge in [-0.05, 0) is 57.8 Å². The summed E-state index contributed by atoms with van der Waals surface area (Å²) in [5.74, 6) is -0.539. The minimum Gasteiger partial charge on any atom is -0.463 e. The van der Waals surface area contributed by atoms with Crippen molar-refractivity contribution >= 4 is 19.7 Å². The van der Waals surface area contributed by atoms with Gasteiger partial charge in [0.2, 0.25) is 5.91 Å². The van der Waals surface area contributed by atoms with E-state index in [1.807, 2.05) is 0 Å². The minimum atomic E-state index is -4.40. The van der Waals surface area contributed by atoms with Crippen molar-refractivity contribution in [3.05, 3.63) is 48.6 Å². The van der Waals surface area contributed by atoms with Gasteiger partial charge in [0, 0.05) is 19.4 Å². The number of aliphatic hydroxyl groups is 1. The van der Waals surface area contributed by atoms with E-state index in [0.717, 1.165) is 70.6 Å². The maximum atomic E-state index is 12.0. The third kappa shape index (κ3) is 37.2. The highest BCUT2D eigenvalue weighted by Gasteiger charge is 2.23. The Bertz CT molecular complexity index is 965.